The Kier molecular flexibility index (Phi) is 4.84. The molecule has 0 fully saturated rings. The predicted octanol–water partition coefficient (Wildman–Crippen LogP) is 1.43. The van der Waals surface area contributed by atoms with E-state index in [0.717, 1.165) is 0 Å². The van der Waals surface area contributed by atoms with E-state index in [2.05, 4.69) is 17.5 Å². The summed E-state index contributed by atoms with van der Waals surface area (Å²) in [5, 5.41) is 2.74. The smallest absolute Gasteiger partial charge is 0.325 e. The molecular formula is C11H13FN2O2S. The van der Waals surface area contributed by atoms with Crippen LogP contribution in [-0.2, 0) is 9.53 Å². The van der Waals surface area contributed by atoms with Crippen LogP contribution in [0.3, 0.4) is 0 Å². The molecule has 0 aliphatic heterocycles. The average molecular weight is 256 g/mol. The first-order chi connectivity index (χ1) is 8.04. The maximum absolute atomic E-state index is 13.4. The Morgan fingerprint density at radius 1 is 1.59 bits per heavy atom. The molecule has 0 saturated carbocycles. The number of hydrogen-bond acceptors (Lipinski definition) is 4. The van der Waals surface area contributed by atoms with Gasteiger partial charge in [-0.05, 0) is 25.1 Å². The molecule has 0 heterocycles. The number of benzene rings is 1. The van der Waals surface area contributed by atoms with Gasteiger partial charge in [-0.2, -0.15) is 0 Å². The Morgan fingerprint density at radius 2 is 2.29 bits per heavy atom. The largest absolute Gasteiger partial charge is 0.465 e. The zero-order valence-corrected chi connectivity index (χ0v) is 10.1. The second-order valence-corrected chi connectivity index (χ2v) is 3.66. The van der Waals surface area contributed by atoms with E-state index in [1.165, 1.54) is 12.1 Å². The number of nitrogens with one attached hydrogen (secondary N) is 1. The van der Waals surface area contributed by atoms with Gasteiger partial charge in [0.1, 0.15) is 17.4 Å². The van der Waals surface area contributed by atoms with Crippen molar-refractivity contribution >= 4 is 28.9 Å². The molecule has 0 unspecified atom stereocenters. The quantitative estimate of drug-likeness (QED) is 0.616. The lowest BCUT2D eigenvalue weighted by atomic mass is 10.2. The summed E-state index contributed by atoms with van der Waals surface area (Å²) in [5.74, 6) is -0.919. The highest BCUT2D eigenvalue weighted by molar-refractivity contribution is 7.80. The summed E-state index contributed by atoms with van der Waals surface area (Å²) in [6.07, 6.45) is 0. The molecule has 0 aliphatic carbocycles. The molecule has 1 rings (SSSR count). The van der Waals surface area contributed by atoms with Crippen LogP contribution in [0.1, 0.15) is 12.5 Å². The predicted molar refractivity (Wildman–Crippen MR) is 67.4 cm³/mol. The average Bonchev–Trinajstić information content (AvgIpc) is 2.26. The van der Waals surface area contributed by atoms with E-state index in [1.807, 2.05) is 0 Å². The third-order valence-corrected chi connectivity index (χ3v) is 2.20. The number of thiocarbonyl (C=S) groups is 1. The van der Waals surface area contributed by atoms with Crippen molar-refractivity contribution < 1.29 is 13.9 Å². The summed E-state index contributed by atoms with van der Waals surface area (Å²) in [6, 6.07) is 4.29. The van der Waals surface area contributed by atoms with Gasteiger partial charge in [-0.3, -0.25) is 4.79 Å². The number of ether oxygens (including phenoxy) is 1. The summed E-state index contributed by atoms with van der Waals surface area (Å²) < 4.78 is 18.2. The monoisotopic (exact) mass is 256 g/mol. The Bertz CT molecular complexity index is 437. The number of rotatable bonds is 5. The van der Waals surface area contributed by atoms with Crippen LogP contribution in [0.15, 0.2) is 18.2 Å². The molecule has 92 valence electrons. The maximum atomic E-state index is 13.4. The molecule has 3 N–H and O–H groups in total. The zero-order chi connectivity index (χ0) is 12.8. The lowest BCUT2D eigenvalue weighted by Crippen LogP contribution is -2.17. The molecule has 17 heavy (non-hydrogen) atoms. The molecule has 0 aromatic heterocycles. The fourth-order valence-electron chi connectivity index (χ4n) is 1.21. The van der Waals surface area contributed by atoms with Gasteiger partial charge in [0.05, 0.1) is 6.61 Å². The Morgan fingerprint density at radius 3 is 2.82 bits per heavy atom. The van der Waals surface area contributed by atoms with Crippen LogP contribution in [0.5, 0.6) is 0 Å². The summed E-state index contributed by atoms with van der Waals surface area (Å²) in [5.41, 5.74) is 5.97. The summed E-state index contributed by atoms with van der Waals surface area (Å²) in [6.45, 7) is 2.02. The number of esters is 1. The fourth-order valence-corrected chi connectivity index (χ4v) is 1.38. The summed E-state index contributed by atoms with van der Waals surface area (Å²) in [7, 11) is 0. The minimum Gasteiger partial charge on any atom is -0.465 e. The second kappa shape index (κ2) is 6.15. The van der Waals surface area contributed by atoms with Crippen LogP contribution >= 0.6 is 12.2 Å². The molecule has 1 aromatic carbocycles. The van der Waals surface area contributed by atoms with Gasteiger partial charge < -0.3 is 15.8 Å². The fraction of sp³-hybridized carbons (Fsp3) is 0.273. The summed E-state index contributed by atoms with van der Waals surface area (Å²) in [4.78, 5) is 11.1. The molecule has 0 spiro atoms. The third kappa shape index (κ3) is 3.99. The van der Waals surface area contributed by atoms with Gasteiger partial charge in [0.2, 0.25) is 0 Å². The number of carbonyl (C=O) groups is 1. The number of nitrogens with two attached hydrogens (primary N) is 1. The van der Waals surface area contributed by atoms with Crippen molar-refractivity contribution in [2.45, 2.75) is 6.92 Å². The van der Waals surface area contributed by atoms with E-state index in [4.69, 9.17) is 10.5 Å². The first-order valence-electron chi connectivity index (χ1n) is 5.03. The number of hydrogen-bond donors (Lipinski definition) is 2. The van der Waals surface area contributed by atoms with Crippen molar-refractivity contribution in [1.82, 2.24) is 0 Å². The molecule has 0 saturated heterocycles. The van der Waals surface area contributed by atoms with E-state index < -0.39 is 11.8 Å². The molecule has 0 amide bonds. The lowest BCUT2D eigenvalue weighted by molar-refractivity contribution is -0.140. The van der Waals surface area contributed by atoms with Gasteiger partial charge in [0, 0.05) is 11.3 Å². The van der Waals surface area contributed by atoms with Crippen molar-refractivity contribution in [3.8, 4) is 0 Å². The van der Waals surface area contributed by atoms with Crippen molar-refractivity contribution in [3.63, 3.8) is 0 Å². The van der Waals surface area contributed by atoms with E-state index in [0.29, 0.717) is 12.3 Å². The first-order valence-corrected chi connectivity index (χ1v) is 5.44. The van der Waals surface area contributed by atoms with E-state index in [9.17, 15) is 9.18 Å². The normalized spacial score (nSPS) is 9.76. The molecule has 0 aliphatic rings. The van der Waals surface area contributed by atoms with Gasteiger partial charge >= 0.3 is 5.97 Å². The Labute approximate surface area is 104 Å². The van der Waals surface area contributed by atoms with Crippen LogP contribution in [0.25, 0.3) is 0 Å². The van der Waals surface area contributed by atoms with Crippen LogP contribution in [-0.4, -0.2) is 24.1 Å². The highest BCUT2D eigenvalue weighted by atomic mass is 32.1. The molecule has 1 aromatic rings. The molecule has 6 heteroatoms. The third-order valence-electron chi connectivity index (χ3n) is 1.98. The molecular weight excluding hydrogens is 243 g/mol. The standard InChI is InChI=1S/C11H13FN2O2S/c1-2-16-10(15)6-14-7-3-4-8(11(13)17)9(12)5-7/h3-5,14H,2,6H2,1H3,(H2,13,17). The van der Waals surface area contributed by atoms with E-state index >= 15 is 0 Å². The molecule has 0 radical (unpaired) electrons. The minimum absolute atomic E-state index is 0.000516. The van der Waals surface area contributed by atoms with Gasteiger partial charge in [0.25, 0.3) is 0 Å². The van der Waals surface area contributed by atoms with Gasteiger partial charge in [-0.1, -0.05) is 12.2 Å². The van der Waals surface area contributed by atoms with Crippen molar-refractivity contribution in [2.24, 2.45) is 5.73 Å². The topological polar surface area (TPSA) is 64.3 Å². The number of anilines is 1. The van der Waals surface area contributed by atoms with Crippen molar-refractivity contribution in [1.29, 1.82) is 0 Å². The second-order valence-electron chi connectivity index (χ2n) is 3.22. The Balaban J connectivity index is 2.65. The maximum Gasteiger partial charge on any atom is 0.325 e. The van der Waals surface area contributed by atoms with Crippen LogP contribution in [0, 0.1) is 5.82 Å². The van der Waals surface area contributed by atoms with Gasteiger partial charge in [0.15, 0.2) is 0 Å². The van der Waals surface area contributed by atoms with Crippen molar-refractivity contribution in [3.05, 3.63) is 29.6 Å². The first kappa shape index (κ1) is 13.4. The highest BCUT2D eigenvalue weighted by Gasteiger charge is 2.07. The SMILES string of the molecule is CCOC(=O)CNc1ccc(C(N)=S)c(F)c1. The van der Waals surface area contributed by atoms with Crippen LogP contribution < -0.4 is 11.1 Å². The molecule has 0 atom stereocenters. The van der Waals surface area contributed by atoms with E-state index in [1.54, 1.807) is 13.0 Å². The summed E-state index contributed by atoms with van der Waals surface area (Å²) >= 11 is 4.68. The number of halogens is 1. The number of carbonyl (C=O) groups excluding carboxylic acids is 1. The van der Waals surface area contributed by atoms with Gasteiger partial charge in [-0.25, -0.2) is 4.39 Å². The van der Waals surface area contributed by atoms with Crippen LogP contribution in [0.2, 0.25) is 0 Å². The molecule has 4 nitrogen and oxygen atoms in total. The zero-order valence-electron chi connectivity index (χ0n) is 9.33. The van der Waals surface area contributed by atoms with Crippen LogP contribution in [0.4, 0.5) is 10.1 Å². The van der Waals surface area contributed by atoms with Crippen molar-refractivity contribution in [2.75, 3.05) is 18.5 Å². The van der Waals surface area contributed by atoms with E-state index in [-0.39, 0.29) is 17.1 Å². The highest BCUT2D eigenvalue weighted by Crippen LogP contribution is 2.14. The lowest BCUT2D eigenvalue weighted by Gasteiger charge is -2.07. The molecule has 0 bridgehead atoms. The minimum atomic E-state index is -0.522. The Hall–Kier alpha value is -1.69. The van der Waals surface area contributed by atoms with Gasteiger partial charge in [-0.15, -0.1) is 0 Å².